The number of aryl methyl sites for hydroxylation is 1. The highest BCUT2D eigenvalue weighted by molar-refractivity contribution is 5.44. The quantitative estimate of drug-likeness (QED) is 0.787. The smallest absolute Gasteiger partial charge is 0.235 e. The molecule has 2 rings (SSSR count). The van der Waals surface area contributed by atoms with E-state index in [2.05, 4.69) is 27.2 Å². The van der Waals surface area contributed by atoms with Gasteiger partial charge in [-0.15, -0.1) is 10.2 Å². The Hall–Kier alpha value is -1.84. The van der Waals surface area contributed by atoms with Crippen LogP contribution in [-0.2, 0) is 13.0 Å². The fourth-order valence-electron chi connectivity index (χ4n) is 1.47. The summed E-state index contributed by atoms with van der Waals surface area (Å²) < 4.78 is 5.46. The van der Waals surface area contributed by atoms with Gasteiger partial charge in [0.1, 0.15) is 0 Å². The lowest BCUT2D eigenvalue weighted by atomic mass is 10.3. The molecule has 0 amide bonds. The first-order chi connectivity index (χ1) is 7.79. The normalized spacial score (nSPS) is 10.4. The highest BCUT2D eigenvalue weighted by atomic mass is 16.4. The number of anilines is 1. The third kappa shape index (κ3) is 2.39. The van der Waals surface area contributed by atoms with E-state index in [1.54, 1.807) is 0 Å². The van der Waals surface area contributed by atoms with E-state index in [9.17, 15) is 0 Å². The first kappa shape index (κ1) is 10.7. The van der Waals surface area contributed by atoms with Crippen molar-refractivity contribution >= 4 is 5.69 Å². The Morgan fingerprint density at radius 1 is 1.12 bits per heavy atom. The number of hydrogen-bond acceptors (Lipinski definition) is 4. The Kier molecular flexibility index (Phi) is 3.19. The molecule has 2 aromatic rings. The first-order valence-corrected chi connectivity index (χ1v) is 5.37. The lowest BCUT2D eigenvalue weighted by molar-refractivity contribution is 0.452. The monoisotopic (exact) mass is 217 g/mol. The molecule has 0 atom stereocenters. The zero-order valence-electron chi connectivity index (χ0n) is 9.55. The summed E-state index contributed by atoms with van der Waals surface area (Å²) >= 11 is 0. The zero-order valence-corrected chi connectivity index (χ0v) is 9.55. The molecule has 0 aliphatic rings. The van der Waals surface area contributed by atoms with Crippen LogP contribution in [0.2, 0.25) is 0 Å². The van der Waals surface area contributed by atoms with Gasteiger partial charge in [-0.3, -0.25) is 0 Å². The molecule has 1 aromatic carbocycles. The summed E-state index contributed by atoms with van der Waals surface area (Å²) in [6.07, 6.45) is 0.780. The highest BCUT2D eigenvalue weighted by Gasteiger charge is 2.07. The van der Waals surface area contributed by atoms with Crippen LogP contribution in [0.3, 0.4) is 0 Å². The molecule has 0 radical (unpaired) electrons. The zero-order chi connectivity index (χ0) is 11.4. The molecule has 0 saturated carbocycles. The molecule has 16 heavy (non-hydrogen) atoms. The van der Waals surface area contributed by atoms with Crippen molar-refractivity contribution in [1.82, 2.24) is 10.2 Å². The van der Waals surface area contributed by atoms with Gasteiger partial charge in [0.25, 0.3) is 0 Å². The maximum atomic E-state index is 5.46. The standard InChI is InChI=1S/C12H15N3O/c1-3-11-13-14-12(16-11)9-15(2)10-7-5-4-6-8-10/h4-8H,3,9H2,1-2H3. The maximum absolute atomic E-state index is 5.46. The average molecular weight is 217 g/mol. The lowest BCUT2D eigenvalue weighted by Gasteiger charge is -2.16. The van der Waals surface area contributed by atoms with Gasteiger partial charge in [0.05, 0.1) is 6.54 Å². The van der Waals surface area contributed by atoms with E-state index in [0.29, 0.717) is 18.3 Å². The fourth-order valence-corrected chi connectivity index (χ4v) is 1.47. The highest BCUT2D eigenvalue weighted by Crippen LogP contribution is 2.13. The van der Waals surface area contributed by atoms with Gasteiger partial charge in [-0.1, -0.05) is 25.1 Å². The summed E-state index contributed by atoms with van der Waals surface area (Å²) in [6.45, 7) is 2.63. The van der Waals surface area contributed by atoms with Gasteiger partial charge in [0.2, 0.25) is 11.8 Å². The molecule has 4 nitrogen and oxygen atoms in total. The van der Waals surface area contributed by atoms with Gasteiger partial charge < -0.3 is 9.32 Å². The maximum Gasteiger partial charge on any atom is 0.235 e. The second-order valence-corrected chi connectivity index (χ2v) is 3.63. The van der Waals surface area contributed by atoms with Crippen LogP contribution in [0, 0.1) is 0 Å². The van der Waals surface area contributed by atoms with Crippen LogP contribution in [0.1, 0.15) is 18.7 Å². The molecule has 1 heterocycles. The minimum absolute atomic E-state index is 0.636. The first-order valence-electron chi connectivity index (χ1n) is 5.37. The van der Waals surface area contributed by atoms with Crippen LogP contribution in [0.5, 0.6) is 0 Å². The summed E-state index contributed by atoms with van der Waals surface area (Å²) in [6, 6.07) is 10.1. The number of aromatic nitrogens is 2. The summed E-state index contributed by atoms with van der Waals surface area (Å²) in [5.41, 5.74) is 1.14. The van der Waals surface area contributed by atoms with Crippen LogP contribution in [0.25, 0.3) is 0 Å². The molecule has 0 saturated heterocycles. The van der Waals surface area contributed by atoms with E-state index in [1.807, 2.05) is 32.2 Å². The van der Waals surface area contributed by atoms with Crippen molar-refractivity contribution in [2.24, 2.45) is 0 Å². The molecule has 0 bridgehead atoms. The Morgan fingerprint density at radius 2 is 1.81 bits per heavy atom. The summed E-state index contributed by atoms with van der Waals surface area (Å²) in [4.78, 5) is 2.08. The van der Waals surface area contributed by atoms with Gasteiger partial charge in [-0.05, 0) is 12.1 Å². The molecule has 0 aliphatic heterocycles. The van der Waals surface area contributed by atoms with Crippen molar-refractivity contribution in [1.29, 1.82) is 0 Å². The van der Waals surface area contributed by atoms with Crippen LogP contribution in [-0.4, -0.2) is 17.2 Å². The van der Waals surface area contributed by atoms with Crippen LogP contribution in [0.4, 0.5) is 5.69 Å². The SMILES string of the molecule is CCc1nnc(CN(C)c2ccccc2)o1. The molecule has 0 spiro atoms. The average Bonchev–Trinajstić information content (AvgIpc) is 2.78. The van der Waals surface area contributed by atoms with Crippen molar-refractivity contribution in [3.63, 3.8) is 0 Å². The topological polar surface area (TPSA) is 42.2 Å². The number of benzene rings is 1. The second kappa shape index (κ2) is 4.79. The van der Waals surface area contributed by atoms with Gasteiger partial charge in [-0.25, -0.2) is 0 Å². The third-order valence-corrected chi connectivity index (χ3v) is 2.38. The fraction of sp³-hybridized carbons (Fsp3) is 0.333. The predicted octanol–water partition coefficient (Wildman–Crippen LogP) is 2.27. The molecule has 0 unspecified atom stereocenters. The number of nitrogens with zero attached hydrogens (tertiary/aromatic N) is 3. The lowest BCUT2D eigenvalue weighted by Crippen LogP contribution is -2.16. The van der Waals surface area contributed by atoms with E-state index in [4.69, 9.17) is 4.42 Å². The van der Waals surface area contributed by atoms with Crippen molar-refractivity contribution in [3.05, 3.63) is 42.1 Å². The van der Waals surface area contributed by atoms with E-state index in [1.165, 1.54) is 0 Å². The summed E-state index contributed by atoms with van der Waals surface area (Å²) in [5, 5.41) is 7.93. The Morgan fingerprint density at radius 3 is 2.44 bits per heavy atom. The van der Waals surface area contributed by atoms with Gasteiger partial charge >= 0.3 is 0 Å². The summed E-state index contributed by atoms with van der Waals surface area (Å²) in [5.74, 6) is 1.35. The molecule has 4 heteroatoms. The van der Waals surface area contributed by atoms with Gasteiger partial charge in [0.15, 0.2) is 0 Å². The number of rotatable bonds is 4. The molecule has 0 aliphatic carbocycles. The van der Waals surface area contributed by atoms with Gasteiger partial charge in [-0.2, -0.15) is 0 Å². The second-order valence-electron chi connectivity index (χ2n) is 3.63. The van der Waals surface area contributed by atoms with Crippen LogP contribution in [0.15, 0.2) is 34.7 Å². The minimum atomic E-state index is 0.636. The number of hydrogen-bond donors (Lipinski definition) is 0. The van der Waals surface area contributed by atoms with Gasteiger partial charge in [0, 0.05) is 19.2 Å². The molecule has 1 aromatic heterocycles. The Bertz CT molecular complexity index is 439. The Labute approximate surface area is 94.9 Å². The summed E-state index contributed by atoms with van der Waals surface area (Å²) in [7, 11) is 2.01. The Balaban J connectivity index is 2.05. The van der Waals surface area contributed by atoms with E-state index in [0.717, 1.165) is 12.1 Å². The van der Waals surface area contributed by atoms with Crippen molar-refractivity contribution < 1.29 is 4.42 Å². The van der Waals surface area contributed by atoms with E-state index >= 15 is 0 Å². The predicted molar refractivity (Wildman–Crippen MR) is 62.2 cm³/mol. The molecule has 0 fully saturated rings. The van der Waals surface area contributed by atoms with Crippen molar-refractivity contribution in [3.8, 4) is 0 Å². The van der Waals surface area contributed by atoms with E-state index < -0.39 is 0 Å². The van der Waals surface area contributed by atoms with Crippen molar-refractivity contribution in [2.45, 2.75) is 19.9 Å². The van der Waals surface area contributed by atoms with Crippen LogP contribution < -0.4 is 4.90 Å². The molecule has 84 valence electrons. The van der Waals surface area contributed by atoms with Crippen LogP contribution >= 0.6 is 0 Å². The molecular weight excluding hydrogens is 202 g/mol. The third-order valence-electron chi connectivity index (χ3n) is 2.38. The number of para-hydroxylation sites is 1. The molecular formula is C12H15N3O. The largest absolute Gasteiger partial charge is 0.423 e. The molecule has 0 N–H and O–H groups in total. The minimum Gasteiger partial charge on any atom is -0.423 e. The van der Waals surface area contributed by atoms with Crippen molar-refractivity contribution in [2.75, 3.05) is 11.9 Å². The van der Waals surface area contributed by atoms with E-state index in [-0.39, 0.29) is 0 Å².